The van der Waals surface area contributed by atoms with Gasteiger partial charge in [0.05, 0.1) is 12.5 Å². The predicted molar refractivity (Wildman–Crippen MR) is 83.4 cm³/mol. The van der Waals surface area contributed by atoms with Crippen molar-refractivity contribution in [2.75, 3.05) is 6.54 Å². The number of carbonyl (C=O) groups excluding carboxylic acids is 2. The zero-order valence-corrected chi connectivity index (χ0v) is 13.5. The number of nitrogens with one attached hydrogen (secondary N) is 1. The summed E-state index contributed by atoms with van der Waals surface area (Å²) in [6.07, 6.45) is 0.969. The van der Waals surface area contributed by atoms with Gasteiger partial charge in [-0.25, -0.2) is 0 Å². The molecular formula is C15H18Cl2N2O2. The normalized spacial score (nSPS) is 20.2. The van der Waals surface area contributed by atoms with Crippen LogP contribution < -0.4 is 5.32 Å². The molecule has 1 N–H and O–H groups in total. The number of carbonyl (C=O) groups is 2. The molecule has 1 aliphatic heterocycles. The molecule has 2 amide bonds. The quantitative estimate of drug-likeness (QED) is 0.844. The van der Waals surface area contributed by atoms with Gasteiger partial charge in [-0.15, -0.1) is 0 Å². The first kappa shape index (κ1) is 16.3. The van der Waals surface area contributed by atoms with Crippen LogP contribution in [0.3, 0.4) is 0 Å². The van der Waals surface area contributed by atoms with Gasteiger partial charge in [0, 0.05) is 22.6 Å². The van der Waals surface area contributed by atoms with E-state index in [1.54, 1.807) is 12.1 Å². The Morgan fingerprint density at radius 2 is 2.10 bits per heavy atom. The smallest absolute Gasteiger partial charge is 0.246 e. The molecule has 6 heteroatoms. The van der Waals surface area contributed by atoms with Crippen LogP contribution in [0.25, 0.3) is 0 Å². The number of benzene rings is 1. The number of nitrogens with zero attached hydrogens (tertiary/aromatic N) is 1. The molecule has 0 aliphatic carbocycles. The lowest BCUT2D eigenvalue weighted by Gasteiger charge is -2.20. The SMILES string of the molecule is CCCN1C(=O)CC(NC(C)c2ccc(Cl)cc2Cl)C1=O. The van der Waals surface area contributed by atoms with Crippen molar-refractivity contribution >= 4 is 35.0 Å². The first-order valence-corrected chi connectivity index (χ1v) is 7.74. The van der Waals surface area contributed by atoms with E-state index >= 15 is 0 Å². The number of imide groups is 1. The second-order valence-electron chi connectivity index (χ2n) is 5.19. The number of hydrogen-bond donors (Lipinski definition) is 1. The number of likely N-dealkylation sites (tertiary alicyclic amines) is 1. The van der Waals surface area contributed by atoms with Crippen molar-refractivity contribution in [1.29, 1.82) is 0 Å². The lowest BCUT2D eigenvalue weighted by molar-refractivity contribution is -0.138. The van der Waals surface area contributed by atoms with Gasteiger partial charge in [0.2, 0.25) is 11.8 Å². The van der Waals surface area contributed by atoms with Crippen LogP contribution in [0.15, 0.2) is 18.2 Å². The van der Waals surface area contributed by atoms with E-state index in [1.807, 2.05) is 19.9 Å². The molecule has 0 spiro atoms. The van der Waals surface area contributed by atoms with E-state index in [2.05, 4.69) is 5.32 Å². The summed E-state index contributed by atoms with van der Waals surface area (Å²) in [7, 11) is 0. The molecule has 0 saturated carbocycles. The lowest BCUT2D eigenvalue weighted by atomic mass is 10.1. The maximum Gasteiger partial charge on any atom is 0.246 e. The van der Waals surface area contributed by atoms with Crippen molar-refractivity contribution in [3.63, 3.8) is 0 Å². The Morgan fingerprint density at radius 1 is 1.38 bits per heavy atom. The third-order valence-corrected chi connectivity index (χ3v) is 4.13. The van der Waals surface area contributed by atoms with Crippen LogP contribution in [-0.4, -0.2) is 29.3 Å². The highest BCUT2D eigenvalue weighted by molar-refractivity contribution is 6.35. The Morgan fingerprint density at radius 3 is 2.71 bits per heavy atom. The summed E-state index contributed by atoms with van der Waals surface area (Å²) in [4.78, 5) is 25.4. The second kappa shape index (κ2) is 6.77. The lowest BCUT2D eigenvalue weighted by Crippen LogP contribution is -2.40. The average Bonchev–Trinajstić information content (AvgIpc) is 2.66. The van der Waals surface area contributed by atoms with E-state index in [0.717, 1.165) is 12.0 Å². The van der Waals surface area contributed by atoms with Crippen molar-refractivity contribution in [2.45, 2.75) is 38.8 Å². The molecule has 2 unspecified atom stereocenters. The summed E-state index contributed by atoms with van der Waals surface area (Å²) in [6, 6.07) is 4.63. The number of halogens is 2. The van der Waals surface area contributed by atoms with Gasteiger partial charge in [-0.1, -0.05) is 36.2 Å². The van der Waals surface area contributed by atoms with Gasteiger partial charge < -0.3 is 0 Å². The van der Waals surface area contributed by atoms with Gasteiger partial charge in [-0.05, 0) is 31.0 Å². The fourth-order valence-electron chi connectivity index (χ4n) is 2.52. The van der Waals surface area contributed by atoms with E-state index in [0.29, 0.717) is 16.6 Å². The molecule has 21 heavy (non-hydrogen) atoms. The van der Waals surface area contributed by atoms with Crippen LogP contribution in [0.4, 0.5) is 0 Å². The molecule has 1 saturated heterocycles. The van der Waals surface area contributed by atoms with E-state index in [1.165, 1.54) is 4.90 Å². The molecule has 1 aliphatic rings. The van der Waals surface area contributed by atoms with E-state index in [9.17, 15) is 9.59 Å². The fourth-order valence-corrected chi connectivity index (χ4v) is 3.09. The Labute approximate surface area is 134 Å². The number of rotatable bonds is 5. The van der Waals surface area contributed by atoms with Crippen LogP contribution in [0, 0.1) is 0 Å². The Hall–Kier alpha value is -1.10. The molecule has 1 heterocycles. The van der Waals surface area contributed by atoms with Crippen molar-refractivity contribution in [1.82, 2.24) is 10.2 Å². The molecule has 0 bridgehead atoms. The first-order valence-electron chi connectivity index (χ1n) is 6.99. The highest BCUT2D eigenvalue weighted by Crippen LogP contribution is 2.27. The predicted octanol–water partition coefficient (Wildman–Crippen LogP) is 3.18. The maximum atomic E-state index is 12.2. The van der Waals surface area contributed by atoms with Crippen LogP contribution in [0.2, 0.25) is 10.0 Å². The first-order chi connectivity index (χ1) is 9.93. The van der Waals surface area contributed by atoms with Crippen molar-refractivity contribution in [3.05, 3.63) is 33.8 Å². The summed E-state index contributed by atoms with van der Waals surface area (Å²) >= 11 is 12.0. The van der Waals surface area contributed by atoms with Gasteiger partial charge in [-0.3, -0.25) is 19.8 Å². The van der Waals surface area contributed by atoms with Gasteiger partial charge in [0.15, 0.2) is 0 Å². The summed E-state index contributed by atoms with van der Waals surface area (Å²) in [6.45, 7) is 4.33. The standard InChI is InChI=1S/C15H18Cl2N2O2/c1-3-6-19-14(20)8-13(15(19)21)18-9(2)11-5-4-10(16)7-12(11)17/h4-5,7,9,13,18H,3,6,8H2,1-2H3. The molecule has 0 aromatic heterocycles. The summed E-state index contributed by atoms with van der Waals surface area (Å²) in [5, 5.41) is 4.30. The molecular weight excluding hydrogens is 311 g/mol. The van der Waals surface area contributed by atoms with Gasteiger partial charge >= 0.3 is 0 Å². The van der Waals surface area contributed by atoms with Gasteiger partial charge in [0.25, 0.3) is 0 Å². The minimum Gasteiger partial charge on any atom is -0.299 e. The van der Waals surface area contributed by atoms with Crippen LogP contribution in [0.1, 0.15) is 38.3 Å². The second-order valence-corrected chi connectivity index (χ2v) is 6.04. The third kappa shape index (κ3) is 3.57. The van der Waals surface area contributed by atoms with Crippen LogP contribution in [0.5, 0.6) is 0 Å². The zero-order valence-electron chi connectivity index (χ0n) is 12.0. The number of amides is 2. The highest BCUT2D eigenvalue weighted by Gasteiger charge is 2.38. The molecule has 2 atom stereocenters. The minimum absolute atomic E-state index is 0.117. The molecule has 1 fully saturated rings. The zero-order chi connectivity index (χ0) is 15.6. The molecule has 1 aromatic carbocycles. The van der Waals surface area contributed by atoms with Crippen molar-refractivity contribution in [2.24, 2.45) is 0 Å². The highest BCUT2D eigenvalue weighted by atomic mass is 35.5. The topological polar surface area (TPSA) is 49.4 Å². The Balaban J connectivity index is 2.08. The molecule has 1 aromatic rings. The maximum absolute atomic E-state index is 12.2. The van der Waals surface area contributed by atoms with Crippen LogP contribution in [-0.2, 0) is 9.59 Å². The summed E-state index contributed by atoms with van der Waals surface area (Å²) < 4.78 is 0. The monoisotopic (exact) mass is 328 g/mol. The Bertz CT molecular complexity index is 563. The van der Waals surface area contributed by atoms with Gasteiger partial charge in [-0.2, -0.15) is 0 Å². The van der Waals surface area contributed by atoms with Gasteiger partial charge in [0.1, 0.15) is 0 Å². The fraction of sp³-hybridized carbons (Fsp3) is 0.467. The molecule has 4 nitrogen and oxygen atoms in total. The molecule has 0 radical (unpaired) electrons. The van der Waals surface area contributed by atoms with Crippen LogP contribution >= 0.6 is 23.2 Å². The minimum atomic E-state index is -0.481. The largest absolute Gasteiger partial charge is 0.299 e. The third-order valence-electron chi connectivity index (χ3n) is 3.57. The van der Waals surface area contributed by atoms with E-state index in [4.69, 9.17) is 23.2 Å². The Kier molecular flexibility index (Phi) is 5.25. The van der Waals surface area contributed by atoms with E-state index in [-0.39, 0.29) is 24.3 Å². The van der Waals surface area contributed by atoms with Crippen molar-refractivity contribution < 1.29 is 9.59 Å². The molecule has 2 rings (SSSR count). The number of hydrogen-bond acceptors (Lipinski definition) is 3. The van der Waals surface area contributed by atoms with Crippen molar-refractivity contribution in [3.8, 4) is 0 Å². The summed E-state index contributed by atoms with van der Waals surface area (Å²) in [5.74, 6) is -0.271. The molecule has 114 valence electrons. The average molecular weight is 329 g/mol. The summed E-state index contributed by atoms with van der Waals surface area (Å²) in [5.41, 5.74) is 0.857. The van der Waals surface area contributed by atoms with E-state index < -0.39 is 6.04 Å².